The molecule has 1 aromatic heterocycles. The standard InChI is InChI=1S/C11H7F4N3O3/c12-6-3-1-2-5(9-18-17-7(4-16)20-9)8(6)21-10(19)11(13,14)15/h1-3H,4,16H2. The SMILES string of the molecule is NCc1nnc(-c2cccc(F)c2OC(=O)C(F)(F)F)o1. The van der Waals surface area contributed by atoms with Crippen LogP contribution in [-0.4, -0.2) is 22.3 Å². The fraction of sp³-hybridized carbons (Fsp3) is 0.182. The van der Waals surface area contributed by atoms with Gasteiger partial charge >= 0.3 is 12.1 Å². The monoisotopic (exact) mass is 305 g/mol. The highest BCUT2D eigenvalue weighted by Gasteiger charge is 2.42. The van der Waals surface area contributed by atoms with Crippen molar-refractivity contribution in [3.8, 4) is 17.2 Å². The van der Waals surface area contributed by atoms with E-state index in [1.54, 1.807) is 0 Å². The minimum atomic E-state index is -5.27. The number of nitrogens with zero attached hydrogens (tertiary/aromatic N) is 2. The van der Waals surface area contributed by atoms with E-state index in [4.69, 9.17) is 10.2 Å². The molecule has 2 aromatic rings. The van der Waals surface area contributed by atoms with Crippen molar-refractivity contribution >= 4 is 5.97 Å². The Labute approximate surface area is 114 Å². The van der Waals surface area contributed by atoms with Gasteiger partial charge in [-0.3, -0.25) is 0 Å². The van der Waals surface area contributed by atoms with Crippen LogP contribution in [0.25, 0.3) is 11.5 Å². The number of rotatable bonds is 3. The largest absolute Gasteiger partial charge is 0.491 e. The number of benzene rings is 1. The molecule has 21 heavy (non-hydrogen) atoms. The number of halogens is 4. The fourth-order valence-corrected chi connectivity index (χ4v) is 1.38. The lowest BCUT2D eigenvalue weighted by Gasteiger charge is -2.10. The fourth-order valence-electron chi connectivity index (χ4n) is 1.38. The third-order valence-electron chi connectivity index (χ3n) is 2.27. The van der Waals surface area contributed by atoms with E-state index in [-0.39, 0.29) is 23.9 Å². The maximum atomic E-state index is 13.6. The van der Waals surface area contributed by atoms with Crippen LogP contribution < -0.4 is 10.5 Å². The maximum absolute atomic E-state index is 13.6. The van der Waals surface area contributed by atoms with E-state index in [9.17, 15) is 22.4 Å². The number of alkyl halides is 3. The predicted molar refractivity (Wildman–Crippen MR) is 59.3 cm³/mol. The van der Waals surface area contributed by atoms with E-state index in [1.807, 2.05) is 0 Å². The molecule has 112 valence electrons. The van der Waals surface area contributed by atoms with Gasteiger partial charge in [-0.25, -0.2) is 9.18 Å². The maximum Gasteiger partial charge on any atom is 0.491 e. The van der Waals surface area contributed by atoms with Crippen molar-refractivity contribution in [1.29, 1.82) is 0 Å². The van der Waals surface area contributed by atoms with Crippen molar-refractivity contribution in [2.24, 2.45) is 5.73 Å². The Morgan fingerprint density at radius 1 is 1.33 bits per heavy atom. The van der Waals surface area contributed by atoms with E-state index in [0.29, 0.717) is 0 Å². The Kier molecular flexibility index (Phi) is 3.89. The molecule has 0 saturated carbocycles. The molecule has 0 amide bonds. The highest BCUT2D eigenvalue weighted by Crippen LogP contribution is 2.33. The highest BCUT2D eigenvalue weighted by molar-refractivity contribution is 5.80. The third-order valence-corrected chi connectivity index (χ3v) is 2.27. The molecular weight excluding hydrogens is 298 g/mol. The van der Waals surface area contributed by atoms with Gasteiger partial charge in [0.1, 0.15) is 0 Å². The molecule has 0 spiro atoms. The van der Waals surface area contributed by atoms with Gasteiger partial charge in [0.15, 0.2) is 11.6 Å². The lowest BCUT2D eigenvalue weighted by Crippen LogP contribution is -2.28. The van der Waals surface area contributed by atoms with E-state index < -0.39 is 23.7 Å². The Morgan fingerprint density at radius 3 is 2.62 bits per heavy atom. The Balaban J connectivity index is 2.43. The van der Waals surface area contributed by atoms with Gasteiger partial charge in [-0.2, -0.15) is 13.2 Å². The Hall–Kier alpha value is -2.49. The van der Waals surface area contributed by atoms with Crippen LogP contribution in [0.3, 0.4) is 0 Å². The van der Waals surface area contributed by atoms with Crippen LogP contribution in [0.2, 0.25) is 0 Å². The molecular formula is C11H7F4N3O3. The molecule has 2 rings (SSSR count). The molecule has 10 heteroatoms. The summed E-state index contributed by atoms with van der Waals surface area (Å²) in [5.74, 6) is -5.03. The smallest absolute Gasteiger partial charge is 0.419 e. The summed E-state index contributed by atoms with van der Waals surface area (Å²) in [4.78, 5) is 10.8. The lowest BCUT2D eigenvalue weighted by molar-refractivity contribution is -0.189. The first-order chi connectivity index (χ1) is 9.82. The van der Waals surface area contributed by atoms with Crippen LogP contribution in [0, 0.1) is 5.82 Å². The normalized spacial score (nSPS) is 11.5. The molecule has 2 N–H and O–H groups in total. The number of nitrogens with two attached hydrogens (primary N) is 1. The molecule has 1 aromatic carbocycles. The summed E-state index contributed by atoms with van der Waals surface area (Å²) < 4.78 is 59.2. The molecule has 0 aliphatic carbocycles. The number of esters is 1. The Bertz CT molecular complexity index is 669. The number of hydrogen-bond acceptors (Lipinski definition) is 6. The van der Waals surface area contributed by atoms with E-state index in [0.717, 1.165) is 12.1 Å². The summed E-state index contributed by atoms with van der Waals surface area (Å²) in [5, 5.41) is 6.98. The molecule has 1 heterocycles. The summed E-state index contributed by atoms with van der Waals surface area (Å²) >= 11 is 0. The average molecular weight is 305 g/mol. The third kappa shape index (κ3) is 3.16. The summed E-state index contributed by atoms with van der Waals surface area (Å²) in [6.07, 6.45) is -5.27. The zero-order valence-electron chi connectivity index (χ0n) is 10.1. The van der Waals surface area contributed by atoms with Crippen molar-refractivity contribution in [2.45, 2.75) is 12.7 Å². The van der Waals surface area contributed by atoms with Crippen molar-refractivity contribution < 1.29 is 31.5 Å². The first-order valence-electron chi connectivity index (χ1n) is 5.43. The van der Waals surface area contributed by atoms with Crippen LogP contribution in [-0.2, 0) is 11.3 Å². The van der Waals surface area contributed by atoms with E-state index in [1.165, 1.54) is 6.07 Å². The van der Waals surface area contributed by atoms with E-state index >= 15 is 0 Å². The van der Waals surface area contributed by atoms with Crippen LogP contribution in [0.1, 0.15) is 5.89 Å². The highest BCUT2D eigenvalue weighted by atomic mass is 19.4. The van der Waals surface area contributed by atoms with Crippen molar-refractivity contribution in [3.63, 3.8) is 0 Å². The minimum absolute atomic E-state index is 0.0117. The van der Waals surface area contributed by atoms with Gasteiger partial charge in [0.2, 0.25) is 5.89 Å². The molecule has 6 nitrogen and oxygen atoms in total. The first-order valence-corrected chi connectivity index (χ1v) is 5.43. The second-order valence-electron chi connectivity index (χ2n) is 3.71. The zero-order chi connectivity index (χ0) is 15.6. The summed E-state index contributed by atoms with van der Waals surface area (Å²) in [6.45, 7) is -0.111. The second-order valence-corrected chi connectivity index (χ2v) is 3.71. The molecule has 0 aliphatic rings. The van der Waals surface area contributed by atoms with Gasteiger partial charge in [0, 0.05) is 0 Å². The summed E-state index contributed by atoms with van der Waals surface area (Å²) in [6, 6.07) is 3.17. The van der Waals surface area contributed by atoms with Gasteiger partial charge in [-0.05, 0) is 12.1 Å². The van der Waals surface area contributed by atoms with Crippen molar-refractivity contribution in [1.82, 2.24) is 10.2 Å². The minimum Gasteiger partial charge on any atom is -0.419 e. The molecule has 0 unspecified atom stereocenters. The molecule has 0 radical (unpaired) electrons. The molecule has 0 fully saturated rings. The van der Waals surface area contributed by atoms with Gasteiger partial charge in [-0.1, -0.05) is 6.07 Å². The quantitative estimate of drug-likeness (QED) is 0.528. The predicted octanol–water partition coefficient (Wildman–Crippen LogP) is 1.80. The van der Waals surface area contributed by atoms with Gasteiger partial charge < -0.3 is 14.9 Å². The zero-order valence-corrected chi connectivity index (χ0v) is 10.1. The molecule has 0 atom stereocenters. The van der Waals surface area contributed by atoms with Gasteiger partial charge in [0.25, 0.3) is 5.89 Å². The summed E-state index contributed by atoms with van der Waals surface area (Å²) in [5.41, 5.74) is 4.95. The van der Waals surface area contributed by atoms with Crippen LogP contribution >= 0.6 is 0 Å². The lowest BCUT2D eigenvalue weighted by atomic mass is 10.2. The topological polar surface area (TPSA) is 91.2 Å². The second kappa shape index (κ2) is 5.48. The molecule has 0 saturated heterocycles. The number of carbonyl (C=O) groups is 1. The van der Waals surface area contributed by atoms with Crippen LogP contribution in [0.15, 0.2) is 22.6 Å². The Morgan fingerprint density at radius 2 is 2.05 bits per heavy atom. The number of aromatic nitrogens is 2. The first kappa shape index (κ1) is 14.9. The van der Waals surface area contributed by atoms with Gasteiger partial charge in [0.05, 0.1) is 12.1 Å². The van der Waals surface area contributed by atoms with Crippen molar-refractivity contribution in [3.05, 3.63) is 29.9 Å². The van der Waals surface area contributed by atoms with E-state index in [2.05, 4.69) is 14.9 Å². The number of ether oxygens (including phenoxy) is 1. The average Bonchev–Trinajstić information content (AvgIpc) is 2.88. The van der Waals surface area contributed by atoms with Crippen LogP contribution in [0.4, 0.5) is 17.6 Å². The number of carbonyl (C=O) groups excluding carboxylic acids is 1. The van der Waals surface area contributed by atoms with Crippen molar-refractivity contribution in [2.75, 3.05) is 0 Å². The number of hydrogen-bond donors (Lipinski definition) is 1. The summed E-state index contributed by atoms with van der Waals surface area (Å²) in [7, 11) is 0. The number of para-hydroxylation sites is 1. The van der Waals surface area contributed by atoms with Crippen LogP contribution in [0.5, 0.6) is 5.75 Å². The molecule has 0 bridgehead atoms. The molecule has 0 aliphatic heterocycles. The van der Waals surface area contributed by atoms with Gasteiger partial charge in [-0.15, -0.1) is 10.2 Å².